The number of nitrogens with zero attached hydrogens (tertiary/aromatic N) is 1. The summed E-state index contributed by atoms with van der Waals surface area (Å²) >= 11 is 0. The van der Waals surface area contributed by atoms with Gasteiger partial charge in [-0.05, 0) is 25.0 Å². The molecule has 0 aliphatic rings. The van der Waals surface area contributed by atoms with Gasteiger partial charge in [0.25, 0.3) is 0 Å². The van der Waals surface area contributed by atoms with Crippen LogP contribution in [0, 0.1) is 13.8 Å². The van der Waals surface area contributed by atoms with Crippen LogP contribution in [0.3, 0.4) is 0 Å². The van der Waals surface area contributed by atoms with Gasteiger partial charge in [0.2, 0.25) is 0 Å². The van der Waals surface area contributed by atoms with E-state index in [0.29, 0.717) is 6.42 Å². The number of hydrogen-bond donors (Lipinski definition) is 2. The number of aliphatic hydroxyl groups excluding tert-OH is 1. The maximum atomic E-state index is 10.1. The summed E-state index contributed by atoms with van der Waals surface area (Å²) in [4.78, 5) is 7.11. The van der Waals surface area contributed by atoms with Crippen molar-refractivity contribution in [2.24, 2.45) is 0 Å². The Morgan fingerprint density at radius 2 is 2.19 bits per heavy atom. The second-order valence-electron chi connectivity index (χ2n) is 4.12. The minimum Gasteiger partial charge on any atom is -0.388 e. The number of nitrogens with one attached hydrogen (secondary N) is 1. The van der Waals surface area contributed by atoms with E-state index in [-0.39, 0.29) is 0 Å². The molecule has 0 amide bonds. The van der Waals surface area contributed by atoms with Gasteiger partial charge in [-0.3, -0.25) is 0 Å². The second-order valence-corrected chi connectivity index (χ2v) is 4.12. The van der Waals surface area contributed by atoms with Crippen molar-refractivity contribution in [3.63, 3.8) is 0 Å². The smallest absolute Gasteiger partial charge is 0.108 e. The number of hydrogen-bond acceptors (Lipinski definition) is 2. The Bertz CT molecular complexity index is 463. The molecule has 1 heterocycles. The number of benzene rings is 1. The van der Waals surface area contributed by atoms with E-state index < -0.39 is 6.10 Å². The molecule has 2 rings (SSSR count). The first-order valence-electron chi connectivity index (χ1n) is 5.40. The molecule has 0 aliphatic heterocycles. The van der Waals surface area contributed by atoms with E-state index in [9.17, 15) is 5.11 Å². The summed E-state index contributed by atoms with van der Waals surface area (Å²) in [5.74, 6) is 0.812. The van der Waals surface area contributed by atoms with Gasteiger partial charge < -0.3 is 10.1 Å². The Kier molecular flexibility index (Phi) is 3.06. The zero-order chi connectivity index (χ0) is 11.5. The third-order valence-corrected chi connectivity index (χ3v) is 2.73. The molecule has 0 saturated heterocycles. The van der Waals surface area contributed by atoms with Gasteiger partial charge in [-0.15, -0.1) is 0 Å². The number of aryl methyl sites for hydroxylation is 2. The van der Waals surface area contributed by atoms with Crippen molar-refractivity contribution in [3.05, 3.63) is 53.1 Å². The summed E-state index contributed by atoms with van der Waals surface area (Å²) in [6, 6.07) is 6.09. The highest BCUT2D eigenvalue weighted by Gasteiger charge is 2.12. The van der Waals surface area contributed by atoms with Gasteiger partial charge >= 0.3 is 0 Å². The van der Waals surface area contributed by atoms with Crippen molar-refractivity contribution in [1.29, 1.82) is 0 Å². The number of imidazole rings is 1. The van der Waals surface area contributed by atoms with Gasteiger partial charge in [-0.2, -0.15) is 0 Å². The summed E-state index contributed by atoms with van der Waals surface area (Å²) in [5, 5.41) is 10.1. The molecule has 1 atom stereocenters. The molecule has 3 nitrogen and oxygen atoms in total. The summed E-state index contributed by atoms with van der Waals surface area (Å²) < 4.78 is 0. The van der Waals surface area contributed by atoms with Crippen molar-refractivity contribution >= 4 is 0 Å². The molecule has 0 fully saturated rings. The number of aromatic nitrogens is 2. The van der Waals surface area contributed by atoms with Gasteiger partial charge in [0.15, 0.2) is 0 Å². The molecular weight excluding hydrogens is 200 g/mol. The van der Waals surface area contributed by atoms with Crippen molar-refractivity contribution in [2.75, 3.05) is 0 Å². The van der Waals surface area contributed by atoms with E-state index in [1.165, 1.54) is 5.56 Å². The topological polar surface area (TPSA) is 48.9 Å². The van der Waals surface area contributed by atoms with E-state index in [2.05, 4.69) is 23.0 Å². The monoisotopic (exact) mass is 216 g/mol. The Morgan fingerprint density at radius 1 is 1.38 bits per heavy atom. The van der Waals surface area contributed by atoms with Crippen molar-refractivity contribution < 1.29 is 5.11 Å². The second kappa shape index (κ2) is 4.49. The normalized spacial score (nSPS) is 12.7. The van der Waals surface area contributed by atoms with Gasteiger partial charge in [0.1, 0.15) is 5.82 Å². The lowest BCUT2D eigenvalue weighted by Gasteiger charge is -2.13. The largest absolute Gasteiger partial charge is 0.388 e. The van der Waals surface area contributed by atoms with E-state index in [0.717, 1.165) is 17.0 Å². The van der Waals surface area contributed by atoms with Gasteiger partial charge in [-0.1, -0.05) is 23.8 Å². The number of rotatable bonds is 3. The van der Waals surface area contributed by atoms with Crippen LogP contribution in [0.5, 0.6) is 0 Å². The Balaban J connectivity index is 2.17. The Labute approximate surface area is 95.2 Å². The highest BCUT2D eigenvalue weighted by molar-refractivity contribution is 5.32. The first-order chi connectivity index (χ1) is 7.66. The molecule has 0 radical (unpaired) electrons. The zero-order valence-corrected chi connectivity index (χ0v) is 9.57. The summed E-state index contributed by atoms with van der Waals surface area (Å²) in [6.45, 7) is 4.07. The van der Waals surface area contributed by atoms with Crippen LogP contribution >= 0.6 is 0 Å². The predicted molar refractivity (Wildman–Crippen MR) is 63.2 cm³/mol. The quantitative estimate of drug-likeness (QED) is 0.827. The van der Waals surface area contributed by atoms with Crippen LogP contribution in [0.2, 0.25) is 0 Å². The van der Waals surface area contributed by atoms with E-state index in [1.807, 2.05) is 19.1 Å². The number of aliphatic hydroxyl groups is 1. The average molecular weight is 216 g/mol. The van der Waals surface area contributed by atoms with Crippen LogP contribution in [-0.2, 0) is 6.42 Å². The summed E-state index contributed by atoms with van der Waals surface area (Å²) in [7, 11) is 0. The van der Waals surface area contributed by atoms with Gasteiger partial charge in [0.05, 0.1) is 6.10 Å². The van der Waals surface area contributed by atoms with E-state index >= 15 is 0 Å². The number of aromatic amines is 1. The summed E-state index contributed by atoms with van der Waals surface area (Å²) in [5.41, 5.74) is 3.31. The molecule has 1 aromatic carbocycles. The van der Waals surface area contributed by atoms with Crippen LogP contribution in [0.25, 0.3) is 0 Å². The van der Waals surface area contributed by atoms with Crippen LogP contribution < -0.4 is 0 Å². The van der Waals surface area contributed by atoms with Crippen LogP contribution in [0.4, 0.5) is 0 Å². The van der Waals surface area contributed by atoms with Crippen LogP contribution in [0.15, 0.2) is 30.6 Å². The lowest BCUT2D eigenvalue weighted by atomic mass is 9.99. The molecule has 1 aromatic heterocycles. The Morgan fingerprint density at radius 3 is 2.81 bits per heavy atom. The highest BCUT2D eigenvalue weighted by atomic mass is 16.3. The summed E-state index contributed by atoms with van der Waals surface area (Å²) in [6.07, 6.45) is 3.50. The number of H-pyrrole nitrogens is 1. The first-order valence-corrected chi connectivity index (χ1v) is 5.40. The van der Waals surface area contributed by atoms with Gasteiger partial charge in [0, 0.05) is 18.8 Å². The molecule has 0 saturated carbocycles. The molecule has 3 heteroatoms. The van der Waals surface area contributed by atoms with E-state index in [1.54, 1.807) is 12.4 Å². The lowest BCUT2D eigenvalue weighted by Crippen LogP contribution is -2.05. The molecule has 16 heavy (non-hydrogen) atoms. The predicted octanol–water partition coefficient (Wildman–Crippen LogP) is 2.30. The molecule has 2 aromatic rings. The molecular formula is C13H16N2O. The fourth-order valence-electron chi connectivity index (χ4n) is 1.90. The van der Waals surface area contributed by atoms with Crippen molar-refractivity contribution in [3.8, 4) is 0 Å². The average Bonchev–Trinajstić information content (AvgIpc) is 2.70. The minimum atomic E-state index is -0.494. The molecule has 0 bridgehead atoms. The standard InChI is InChI=1S/C13H16N2O/c1-9-3-4-11(10(2)7-9)12(16)8-13-14-5-6-15-13/h3-7,12,16H,8H2,1-2H3,(H,14,15). The first kappa shape index (κ1) is 10.9. The van der Waals surface area contributed by atoms with Crippen molar-refractivity contribution in [2.45, 2.75) is 26.4 Å². The van der Waals surface area contributed by atoms with Crippen LogP contribution in [0.1, 0.15) is 28.6 Å². The van der Waals surface area contributed by atoms with Crippen LogP contribution in [-0.4, -0.2) is 15.1 Å². The zero-order valence-electron chi connectivity index (χ0n) is 9.57. The molecule has 0 aliphatic carbocycles. The minimum absolute atomic E-state index is 0.494. The fraction of sp³-hybridized carbons (Fsp3) is 0.308. The lowest BCUT2D eigenvalue weighted by molar-refractivity contribution is 0.175. The van der Waals surface area contributed by atoms with Gasteiger partial charge in [-0.25, -0.2) is 4.98 Å². The maximum absolute atomic E-state index is 10.1. The molecule has 2 N–H and O–H groups in total. The van der Waals surface area contributed by atoms with Crippen molar-refractivity contribution in [1.82, 2.24) is 9.97 Å². The molecule has 84 valence electrons. The SMILES string of the molecule is Cc1ccc(C(O)Cc2ncc[nH]2)c(C)c1. The molecule has 1 unspecified atom stereocenters. The molecule has 0 spiro atoms. The maximum Gasteiger partial charge on any atom is 0.108 e. The Hall–Kier alpha value is -1.61. The third kappa shape index (κ3) is 2.31. The fourth-order valence-corrected chi connectivity index (χ4v) is 1.90. The third-order valence-electron chi connectivity index (χ3n) is 2.73. The highest BCUT2D eigenvalue weighted by Crippen LogP contribution is 2.21. The van der Waals surface area contributed by atoms with E-state index in [4.69, 9.17) is 0 Å².